The Hall–Kier alpha value is -2.19. The molecule has 0 aliphatic carbocycles. The topological polar surface area (TPSA) is 87.0 Å². The molecule has 1 amide bonds. The summed E-state index contributed by atoms with van der Waals surface area (Å²) in [6.45, 7) is 3.95. The highest BCUT2D eigenvalue weighted by Gasteiger charge is 2.12. The molecule has 140 valence electrons. The predicted octanol–water partition coefficient (Wildman–Crippen LogP) is 6.21. The number of carbonyl (C=O) groups excluding carboxylic acids is 1. The number of fused-ring (bicyclic) bond motifs is 1. The van der Waals surface area contributed by atoms with Crippen LogP contribution in [0.1, 0.15) is 25.3 Å². The van der Waals surface area contributed by atoms with Crippen LogP contribution < -0.4 is 4.74 Å². The highest BCUT2D eigenvalue weighted by Crippen LogP contribution is 2.36. The predicted molar refractivity (Wildman–Crippen MR) is 111 cm³/mol. The number of hydrogen-bond donors (Lipinski definition) is 2. The van der Waals surface area contributed by atoms with Crippen LogP contribution in [0.15, 0.2) is 55.6 Å². The first kappa shape index (κ1) is 19.6. The highest BCUT2D eigenvalue weighted by atomic mass is 79.9. The van der Waals surface area contributed by atoms with Gasteiger partial charge in [-0.05, 0) is 57.7 Å². The number of amides is 1. The van der Waals surface area contributed by atoms with E-state index in [0.717, 1.165) is 8.95 Å². The van der Waals surface area contributed by atoms with Gasteiger partial charge in [0.1, 0.15) is 5.75 Å². The molecule has 6 nitrogen and oxygen atoms in total. The number of rotatable bonds is 5. The number of halogens is 2. The van der Waals surface area contributed by atoms with Gasteiger partial charge in [0.25, 0.3) is 0 Å². The Balaban J connectivity index is 1.70. The summed E-state index contributed by atoms with van der Waals surface area (Å²) in [5.41, 5.74) is 2.07. The van der Waals surface area contributed by atoms with Crippen LogP contribution >= 0.6 is 31.9 Å². The fourth-order valence-electron chi connectivity index (χ4n) is 2.50. The van der Waals surface area contributed by atoms with Crippen molar-refractivity contribution in [2.75, 3.05) is 6.61 Å². The van der Waals surface area contributed by atoms with E-state index in [1.807, 2.05) is 24.3 Å². The van der Waals surface area contributed by atoms with Crippen molar-refractivity contribution in [2.45, 2.75) is 19.8 Å². The van der Waals surface area contributed by atoms with Crippen molar-refractivity contribution in [3.8, 4) is 11.6 Å². The van der Waals surface area contributed by atoms with Crippen molar-refractivity contribution in [3.05, 3.63) is 50.9 Å². The van der Waals surface area contributed by atoms with Gasteiger partial charge in [0.05, 0.1) is 9.99 Å². The number of H-pyrrole nitrogens is 1. The van der Waals surface area contributed by atoms with E-state index in [2.05, 4.69) is 60.9 Å². The Kier molecular flexibility index (Phi) is 5.96. The molecule has 0 saturated carbocycles. The maximum absolute atomic E-state index is 12.0. The molecular formula is C19H17Br2N3O3. The molecular weight excluding hydrogens is 478 g/mol. The van der Waals surface area contributed by atoms with Gasteiger partial charge >= 0.3 is 5.91 Å². The van der Waals surface area contributed by atoms with Gasteiger partial charge in [-0.25, -0.2) is 0 Å². The fourth-order valence-corrected chi connectivity index (χ4v) is 3.38. The summed E-state index contributed by atoms with van der Waals surface area (Å²) in [6, 6.07) is 11.1. The molecule has 2 N–H and O–H groups in total. The van der Waals surface area contributed by atoms with Gasteiger partial charge in [-0.2, -0.15) is 0 Å². The standard InChI is InChI=1S/C19H17Br2N3O3/c1-10(2)11-3-6-16(14(21)7-11)27-9-17(25)23-24-18-13-8-12(20)4-5-15(13)22-19(18)26/h3-8,10,22,26H,9H2,1-2H3. The van der Waals surface area contributed by atoms with E-state index in [1.54, 1.807) is 12.1 Å². The molecule has 1 aromatic heterocycles. The number of azo groups is 1. The van der Waals surface area contributed by atoms with Gasteiger partial charge in [0.15, 0.2) is 12.3 Å². The summed E-state index contributed by atoms with van der Waals surface area (Å²) in [6.07, 6.45) is 0. The first-order valence-electron chi connectivity index (χ1n) is 8.22. The number of benzene rings is 2. The first-order valence-corrected chi connectivity index (χ1v) is 9.80. The summed E-state index contributed by atoms with van der Waals surface area (Å²) in [5, 5.41) is 18.2. The summed E-state index contributed by atoms with van der Waals surface area (Å²) in [7, 11) is 0. The molecule has 0 bridgehead atoms. The molecule has 3 rings (SSSR count). The minimum absolute atomic E-state index is 0.146. The Labute approximate surface area is 172 Å². The zero-order valence-corrected chi connectivity index (χ0v) is 17.8. The maximum Gasteiger partial charge on any atom is 0.302 e. The van der Waals surface area contributed by atoms with Crippen molar-refractivity contribution < 1.29 is 14.6 Å². The number of nitrogens with zero attached hydrogens (tertiary/aromatic N) is 2. The second kappa shape index (κ2) is 8.22. The van der Waals surface area contributed by atoms with Crippen molar-refractivity contribution in [2.24, 2.45) is 10.2 Å². The largest absolute Gasteiger partial charge is 0.493 e. The van der Waals surface area contributed by atoms with Crippen LogP contribution in [0, 0.1) is 0 Å². The van der Waals surface area contributed by atoms with Crippen LogP contribution in [-0.4, -0.2) is 22.6 Å². The molecule has 0 aliphatic heterocycles. The van der Waals surface area contributed by atoms with Crippen LogP contribution in [0.3, 0.4) is 0 Å². The molecule has 0 spiro atoms. The average molecular weight is 495 g/mol. The quantitative estimate of drug-likeness (QED) is 0.413. The number of hydrogen-bond acceptors (Lipinski definition) is 4. The lowest BCUT2D eigenvalue weighted by molar-refractivity contribution is -0.120. The van der Waals surface area contributed by atoms with Crippen LogP contribution in [0.25, 0.3) is 10.9 Å². The second-order valence-electron chi connectivity index (χ2n) is 6.24. The zero-order chi connectivity index (χ0) is 19.6. The smallest absolute Gasteiger partial charge is 0.302 e. The summed E-state index contributed by atoms with van der Waals surface area (Å²) < 4.78 is 7.12. The number of aromatic nitrogens is 1. The van der Waals surface area contributed by atoms with E-state index < -0.39 is 5.91 Å². The van der Waals surface area contributed by atoms with E-state index in [-0.39, 0.29) is 18.2 Å². The van der Waals surface area contributed by atoms with E-state index in [1.165, 1.54) is 5.56 Å². The zero-order valence-electron chi connectivity index (χ0n) is 14.7. The Morgan fingerprint density at radius 3 is 2.70 bits per heavy atom. The molecule has 0 saturated heterocycles. The van der Waals surface area contributed by atoms with Crippen LogP contribution in [0.4, 0.5) is 5.69 Å². The average Bonchev–Trinajstić information content (AvgIpc) is 2.93. The molecule has 0 atom stereocenters. The molecule has 0 fully saturated rings. The summed E-state index contributed by atoms with van der Waals surface area (Å²) in [5.74, 6) is 0.252. The van der Waals surface area contributed by atoms with Crippen LogP contribution in [-0.2, 0) is 4.79 Å². The summed E-state index contributed by atoms with van der Waals surface area (Å²) >= 11 is 6.82. The van der Waals surface area contributed by atoms with E-state index >= 15 is 0 Å². The number of carbonyl (C=O) groups is 1. The Morgan fingerprint density at radius 1 is 1.22 bits per heavy atom. The van der Waals surface area contributed by atoms with Gasteiger partial charge in [-0.15, -0.1) is 10.2 Å². The molecule has 27 heavy (non-hydrogen) atoms. The van der Waals surface area contributed by atoms with Gasteiger partial charge in [0, 0.05) is 9.86 Å². The van der Waals surface area contributed by atoms with Crippen molar-refractivity contribution in [3.63, 3.8) is 0 Å². The number of nitrogens with one attached hydrogen (secondary N) is 1. The molecule has 8 heteroatoms. The number of aromatic amines is 1. The lowest BCUT2D eigenvalue weighted by Crippen LogP contribution is -2.08. The highest BCUT2D eigenvalue weighted by molar-refractivity contribution is 9.10. The van der Waals surface area contributed by atoms with Crippen molar-refractivity contribution in [1.82, 2.24) is 4.98 Å². The Bertz CT molecular complexity index is 1030. The van der Waals surface area contributed by atoms with Gasteiger partial charge in [-0.3, -0.25) is 4.79 Å². The minimum Gasteiger partial charge on any atom is -0.493 e. The second-order valence-corrected chi connectivity index (χ2v) is 8.01. The SMILES string of the molecule is CC(C)c1ccc(OCC(=O)N=Nc2c(O)[nH]c3ccc(Br)cc23)c(Br)c1. The lowest BCUT2D eigenvalue weighted by atomic mass is 10.0. The molecule has 0 unspecified atom stereocenters. The molecule has 1 heterocycles. The fraction of sp³-hybridized carbons (Fsp3) is 0.211. The Morgan fingerprint density at radius 2 is 2.00 bits per heavy atom. The lowest BCUT2D eigenvalue weighted by Gasteiger charge is -2.10. The minimum atomic E-state index is -0.557. The third-order valence-corrected chi connectivity index (χ3v) is 5.06. The number of aromatic hydroxyl groups is 1. The van der Waals surface area contributed by atoms with Gasteiger partial charge < -0.3 is 14.8 Å². The van der Waals surface area contributed by atoms with E-state index in [9.17, 15) is 9.90 Å². The van der Waals surface area contributed by atoms with Crippen molar-refractivity contribution >= 4 is 54.4 Å². The van der Waals surface area contributed by atoms with Gasteiger partial charge in [0.2, 0.25) is 5.88 Å². The maximum atomic E-state index is 12.0. The van der Waals surface area contributed by atoms with E-state index in [4.69, 9.17) is 4.74 Å². The third kappa shape index (κ3) is 4.56. The molecule has 0 radical (unpaired) electrons. The third-order valence-electron chi connectivity index (χ3n) is 3.95. The first-order chi connectivity index (χ1) is 12.8. The molecule has 2 aromatic carbocycles. The molecule has 0 aliphatic rings. The van der Waals surface area contributed by atoms with Gasteiger partial charge in [-0.1, -0.05) is 35.8 Å². The summed E-state index contributed by atoms with van der Waals surface area (Å²) in [4.78, 5) is 14.8. The molecule has 3 aromatic rings. The monoisotopic (exact) mass is 493 g/mol. The van der Waals surface area contributed by atoms with E-state index in [0.29, 0.717) is 22.6 Å². The number of ether oxygens (including phenoxy) is 1. The normalized spacial score (nSPS) is 11.6. The van der Waals surface area contributed by atoms with Crippen molar-refractivity contribution in [1.29, 1.82) is 0 Å². The van der Waals surface area contributed by atoms with Crippen LogP contribution in [0.2, 0.25) is 0 Å². The van der Waals surface area contributed by atoms with Crippen LogP contribution in [0.5, 0.6) is 11.6 Å².